The molecule has 4 rings (SSSR count). The number of nitrogens with zero attached hydrogens (tertiary/aromatic N) is 2. The van der Waals surface area contributed by atoms with Crippen molar-refractivity contribution < 1.29 is 13.2 Å². The molecule has 4 aromatic rings. The van der Waals surface area contributed by atoms with E-state index in [1.807, 2.05) is 43.3 Å². The number of para-hydroxylation sites is 2. The zero-order valence-corrected chi connectivity index (χ0v) is 17.8. The number of ether oxygens (including phenoxy) is 1. The largest absolute Gasteiger partial charge is 0.494 e. The Labute approximate surface area is 180 Å². The minimum Gasteiger partial charge on any atom is -0.494 e. The fourth-order valence-electron chi connectivity index (χ4n) is 3.13. The third-order valence-corrected chi connectivity index (χ3v) is 6.44. The molecule has 1 heterocycles. The van der Waals surface area contributed by atoms with Gasteiger partial charge in [-0.3, -0.25) is 0 Å². The second kappa shape index (κ2) is 8.34. The molecule has 0 unspecified atom stereocenters. The van der Waals surface area contributed by atoms with Gasteiger partial charge in [0, 0.05) is 5.02 Å². The maximum Gasteiger partial charge on any atom is 0.270 e. The van der Waals surface area contributed by atoms with Crippen LogP contribution >= 0.6 is 11.6 Å². The SMILES string of the molecule is CCOc1ccc(C=Cc2nc3ccccc3n2S(=O)(=O)c2cccc(Cl)c2)cc1. The van der Waals surface area contributed by atoms with Gasteiger partial charge in [-0.05, 0) is 61.0 Å². The smallest absolute Gasteiger partial charge is 0.270 e. The molecule has 3 aromatic carbocycles. The van der Waals surface area contributed by atoms with Crippen LogP contribution in [0.25, 0.3) is 23.2 Å². The molecule has 0 aliphatic carbocycles. The summed E-state index contributed by atoms with van der Waals surface area (Å²) in [6.45, 7) is 2.53. The van der Waals surface area contributed by atoms with Crippen molar-refractivity contribution in [2.75, 3.05) is 6.61 Å². The van der Waals surface area contributed by atoms with E-state index in [0.717, 1.165) is 11.3 Å². The predicted octanol–water partition coefficient (Wildman–Crippen LogP) is 5.50. The van der Waals surface area contributed by atoms with Crippen LogP contribution in [0.4, 0.5) is 0 Å². The molecule has 0 aliphatic heterocycles. The summed E-state index contributed by atoms with van der Waals surface area (Å²) >= 11 is 6.03. The minimum absolute atomic E-state index is 0.105. The van der Waals surface area contributed by atoms with Crippen molar-refractivity contribution in [2.45, 2.75) is 11.8 Å². The lowest BCUT2D eigenvalue weighted by molar-refractivity contribution is 0.340. The summed E-state index contributed by atoms with van der Waals surface area (Å²) in [6.07, 6.45) is 3.51. The van der Waals surface area contributed by atoms with E-state index >= 15 is 0 Å². The molecule has 0 bridgehead atoms. The zero-order valence-electron chi connectivity index (χ0n) is 16.2. The molecular formula is C23H19ClN2O3S. The van der Waals surface area contributed by atoms with Gasteiger partial charge in [-0.1, -0.05) is 48.0 Å². The van der Waals surface area contributed by atoms with Gasteiger partial charge >= 0.3 is 0 Å². The van der Waals surface area contributed by atoms with Crippen LogP contribution in [0, 0.1) is 0 Å². The van der Waals surface area contributed by atoms with E-state index in [0.29, 0.717) is 28.5 Å². The highest BCUT2D eigenvalue weighted by Gasteiger charge is 2.23. The molecule has 0 N–H and O–H groups in total. The Balaban J connectivity index is 1.81. The van der Waals surface area contributed by atoms with E-state index in [2.05, 4.69) is 4.98 Å². The fraction of sp³-hybridized carbons (Fsp3) is 0.0870. The van der Waals surface area contributed by atoms with Gasteiger partial charge in [0.1, 0.15) is 11.6 Å². The average molecular weight is 439 g/mol. The number of halogens is 1. The van der Waals surface area contributed by atoms with Crippen molar-refractivity contribution in [2.24, 2.45) is 0 Å². The molecular weight excluding hydrogens is 420 g/mol. The fourth-order valence-corrected chi connectivity index (χ4v) is 4.88. The van der Waals surface area contributed by atoms with Gasteiger partial charge in [0.05, 0.1) is 22.5 Å². The van der Waals surface area contributed by atoms with Crippen LogP contribution < -0.4 is 4.74 Å². The first kappa shape index (κ1) is 20.2. The topological polar surface area (TPSA) is 61.2 Å². The van der Waals surface area contributed by atoms with Gasteiger partial charge in [0.2, 0.25) is 0 Å². The number of rotatable bonds is 6. The van der Waals surface area contributed by atoms with E-state index in [-0.39, 0.29) is 4.90 Å². The molecule has 0 radical (unpaired) electrons. The first-order valence-corrected chi connectivity index (χ1v) is 11.2. The summed E-state index contributed by atoms with van der Waals surface area (Å²) in [5.74, 6) is 1.09. The lowest BCUT2D eigenvalue weighted by atomic mass is 10.2. The van der Waals surface area contributed by atoms with Crippen molar-refractivity contribution in [3.05, 3.63) is 89.2 Å². The number of aromatic nitrogens is 2. The van der Waals surface area contributed by atoms with Gasteiger partial charge in [0.25, 0.3) is 10.0 Å². The molecule has 152 valence electrons. The molecule has 7 heteroatoms. The Hall–Kier alpha value is -3.09. The summed E-state index contributed by atoms with van der Waals surface area (Å²) < 4.78 is 33.6. The standard InChI is InChI=1S/C23H19ClN2O3S/c1-2-29-19-13-10-17(11-14-19)12-15-23-25-21-8-3-4-9-22(21)26(23)30(27,28)20-7-5-6-18(24)16-20/h3-16H,2H2,1H3. The van der Waals surface area contributed by atoms with E-state index in [9.17, 15) is 8.42 Å². The lowest BCUT2D eigenvalue weighted by Crippen LogP contribution is -2.14. The normalized spacial score (nSPS) is 11.9. The molecule has 0 saturated heterocycles. The van der Waals surface area contributed by atoms with Gasteiger partial charge in [0.15, 0.2) is 0 Å². The van der Waals surface area contributed by atoms with Crippen molar-refractivity contribution in [3.63, 3.8) is 0 Å². The number of imidazole rings is 1. The number of benzene rings is 3. The van der Waals surface area contributed by atoms with Crippen LogP contribution in [0.2, 0.25) is 5.02 Å². The number of hydrogen-bond donors (Lipinski definition) is 0. The van der Waals surface area contributed by atoms with E-state index in [4.69, 9.17) is 16.3 Å². The van der Waals surface area contributed by atoms with Crippen LogP contribution in [0.15, 0.2) is 77.7 Å². The molecule has 0 saturated carbocycles. The van der Waals surface area contributed by atoms with Crippen LogP contribution in [0.3, 0.4) is 0 Å². The van der Waals surface area contributed by atoms with E-state index in [1.54, 1.807) is 36.4 Å². The molecule has 0 aliphatic rings. The Morgan fingerprint density at radius 1 is 1.00 bits per heavy atom. The summed E-state index contributed by atoms with van der Waals surface area (Å²) in [7, 11) is -3.90. The maximum absolute atomic E-state index is 13.4. The summed E-state index contributed by atoms with van der Waals surface area (Å²) in [5.41, 5.74) is 2.00. The van der Waals surface area contributed by atoms with Crippen molar-refractivity contribution in [3.8, 4) is 5.75 Å². The van der Waals surface area contributed by atoms with Gasteiger partial charge in [-0.15, -0.1) is 0 Å². The molecule has 0 fully saturated rings. The molecule has 30 heavy (non-hydrogen) atoms. The first-order chi connectivity index (χ1) is 14.5. The minimum atomic E-state index is -3.90. The summed E-state index contributed by atoms with van der Waals surface area (Å²) in [5, 5.41) is 0.354. The summed E-state index contributed by atoms with van der Waals surface area (Å²) in [6, 6.07) is 20.9. The van der Waals surface area contributed by atoms with Crippen LogP contribution in [-0.2, 0) is 10.0 Å². The summed E-state index contributed by atoms with van der Waals surface area (Å²) in [4.78, 5) is 4.63. The van der Waals surface area contributed by atoms with Gasteiger partial charge in [-0.2, -0.15) is 0 Å². The van der Waals surface area contributed by atoms with Crippen molar-refractivity contribution in [1.82, 2.24) is 8.96 Å². The Morgan fingerprint density at radius 3 is 2.50 bits per heavy atom. The van der Waals surface area contributed by atoms with Gasteiger partial charge < -0.3 is 4.74 Å². The molecule has 0 atom stereocenters. The quantitative estimate of drug-likeness (QED) is 0.399. The maximum atomic E-state index is 13.4. The highest BCUT2D eigenvalue weighted by Crippen LogP contribution is 2.26. The predicted molar refractivity (Wildman–Crippen MR) is 120 cm³/mol. The monoisotopic (exact) mass is 438 g/mol. The van der Waals surface area contributed by atoms with Crippen molar-refractivity contribution in [1.29, 1.82) is 0 Å². The van der Waals surface area contributed by atoms with E-state index in [1.165, 1.54) is 16.1 Å². The highest BCUT2D eigenvalue weighted by molar-refractivity contribution is 7.90. The average Bonchev–Trinajstić information content (AvgIpc) is 3.13. The van der Waals surface area contributed by atoms with E-state index < -0.39 is 10.0 Å². The first-order valence-electron chi connectivity index (χ1n) is 9.38. The number of fused-ring (bicyclic) bond motifs is 1. The Kier molecular flexibility index (Phi) is 5.61. The Bertz CT molecular complexity index is 1330. The Morgan fingerprint density at radius 2 is 1.77 bits per heavy atom. The molecule has 0 spiro atoms. The molecule has 5 nitrogen and oxygen atoms in total. The second-order valence-electron chi connectivity index (χ2n) is 6.52. The lowest BCUT2D eigenvalue weighted by Gasteiger charge is -2.09. The van der Waals surface area contributed by atoms with Gasteiger partial charge in [-0.25, -0.2) is 17.4 Å². The van der Waals surface area contributed by atoms with Crippen LogP contribution in [0.5, 0.6) is 5.75 Å². The third kappa shape index (κ3) is 3.97. The highest BCUT2D eigenvalue weighted by atomic mass is 35.5. The zero-order chi connectivity index (χ0) is 21.1. The third-order valence-electron chi connectivity index (χ3n) is 4.49. The van der Waals surface area contributed by atoms with Crippen LogP contribution in [-0.4, -0.2) is 24.0 Å². The number of hydrogen-bond acceptors (Lipinski definition) is 4. The van der Waals surface area contributed by atoms with Crippen LogP contribution in [0.1, 0.15) is 18.3 Å². The molecule has 0 amide bonds. The molecule has 1 aromatic heterocycles. The second-order valence-corrected chi connectivity index (χ2v) is 8.74. The van der Waals surface area contributed by atoms with Crippen molar-refractivity contribution >= 4 is 44.8 Å².